The lowest BCUT2D eigenvalue weighted by Crippen LogP contribution is -2.30. The molecule has 0 aliphatic carbocycles. The average molecular weight is 962 g/mol. The Kier molecular flexibility index (Phi) is 54.3. The molecule has 0 fully saturated rings. The Morgan fingerprint density at radius 2 is 0.522 bits per heavy atom. The van der Waals surface area contributed by atoms with Gasteiger partial charge in [0.05, 0.1) is 0 Å². The van der Waals surface area contributed by atoms with Crippen molar-refractivity contribution in [3.8, 4) is 0 Å². The molecule has 0 radical (unpaired) electrons. The van der Waals surface area contributed by atoms with Crippen molar-refractivity contribution in [2.45, 2.75) is 284 Å². The topological polar surface area (TPSA) is 78.9 Å². The predicted octanol–water partition coefficient (Wildman–Crippen LogP) is 19.5. The predicted molar refractivity (Wildman–Crippen MR) is 297 cm³/mol. The number of hydrogen-bond acceptors (Lipinski definition) is 6. The van der Waals surface area contributed by atoms with Gasteiger partial charge in [0.25, 0.3) is 0 Å². The van der Waals surface area contributed by atoms with Crippen LogP contribution in [0, 0.1) is 0 Å². The van der Waals surface area contributed by atoms with Gasteiger partial charge in [-0.25, -0.2) is 0 Å². The van der Waals surface area contributed by atoms with Crippen LogP contribution in [-0.2, 0) is 28.6 Å². The van der Waals surface area contributed by atoms with E-state index in [1.165, 1.54) is 128 Å². The summed E-state index contributed by atoms with van der Waals surface area (Å²) >= 11 is 0. The number of unbranched alkanes of at least 4 members (excludes halogenated alkanes) is 27. The van der Waals surface area contributed by atoms with Gasteiger partial charge in [-0.1, -0.05) is 221 Å². The molecule has 0 saturated carbocycles. The van der Waals surface area contributed by atoms with Crippen LogP contribution in [0.2, 0.25) is 0 Å². The molecule has 0 N–H and O–H groups in total. The fraction of sp³-hybridized carbons (Fsp3) is 0.730. The molecule has 6 nitrogen and oxygen atoms in total. The molecule has 0 heterocycles. The van der Waals surface area contributed by atoms with E-state index in [1.807, 2.05) is 0 Å². The number of rotatable bonds is 52. The van der Waals surface area contributed by atoms with Crippen molar-refractivity contribution >= 4 is 17.9 Å². The first-order chi connectivity index (χ1) is 34.0. The summed E-state index contributed by atoms with van der Waals surface area (Å²) in [5.41, 5.74) is 0. The normalized spacial score (nSPS) is 12.7. The molecule has 396 valence electrons. The molecular formula is C63H108O6. The van der Waals surface area contributed by atoms with E-state index in [1.54, 1.807) is 0 Å². The van der Waals surface area contributed by atoms with Crippen molar-refractivity contribution in [3.63, 3.8) is 0 Å². The lowest BCUT2D eigenvalue weighted by atomic mass is 10.1. The van der Waals surface area contributed by atoms with Gasteiger partial charge in [-0.2, -0.15) is 0 Å². The highest BCUT2D eigenvalue weighted by Gasteiger charge is 2.19. The van der Waals surface area contributed by atoms with Crippen LogP contribution in [-0.4, -0.2) is 37.2 Å². The molecule has 6 heteroatoms. The van der Waals surface area contributed by atoms with Crippen LogP contribution < -0.4 is 0 Å². The number of esters is 3. The van der Waals surface area contributed by atoms with Crippen LogP contribution in [0.15, 0.2) is 85.1 Å². The smallest absolute Gasteiger partial charge is 0.306 e. The molecule has 0 aromatic rings. The minimum Gasteiger partial charge on any atom is -0.462 e. The zero-order chi connectivity index (χ0) is 50.0. The second-order valence-corrected chi connectivity index (χ2v) is 19.2. The molecule has 0 unspecified atom stereocenters. The van der Waals surface area contributed by atoms with Gasteiger partial charge in [0.15, 0.2) is 6.10 Å². The first-order valence-electron chi connectivity index (χ1n) is 29.1. The minimum atomic E-state index is -0.800. The summed E-state index contributed by atoms with van der Waals surface area (Å²) in [5, 5.41) is 0. The lowest BCUT2D eigenvalue weighted by molar-refractivity contribution is -0.167. The van der Waals surface area contributed by atoms with E-state index in [4.69, 9.17) is 14.2 Å². The number of carbonyl (C=O) groups is 3. The van der Waals surface area contributed by atoms with Gasteiger partial charge >= 0.3 is 17.9 Å². The Morgan fingerprint density at radius 1 is 0.290 bits per heavy atom. The van der Waals surface area contributed by atoms with Crippen molar-refractivity contribution in [3.05, 3.63) is 85.1 Å². The van der Waals surface area contributed by atoms with Gasteiger partial charge in [0.1, 0.15) is 13.2 Å². The van der Waals surface area contributed by atoms with Crippen LogP contribution in [0.3, 0.4) is 0 Å². The Balaban J connectivity index is 4.46. The maximum atomic E-state index is 12.8. The van der Waals surface area contributed by atoms with E-state index in [2.05, 4.69) is 106 Å². The average Bonchev–Trinajstić information content (AvgIpc) is 3.35. The highest BCUT2D eigenvalue weighted by atomic mass is 16.6. The van der Waals surface area contributed by atoms with Crippen molar-refractivity contribution in [2.75, 3.05) is 13.2 Å². The first kappa shape index (κ1) is 65.6. The van der Waals surface area contributed by atoms with Crippen molar-refractivity contribution in [2.24, 2.45) is 0 Å². The van der Waals surface area contributed by atoms with E-state index < -0.39 is 6.10 Å². The molecule has 0 aliphatic heterocycles. The van der Waals surface area contributed by atoms with E-state index in [0.29, 0.717) is 19.3 Å². The van der Waals surface area contributed by atoms with Crippen molar-refractivity contribution in [1.29, 1.82) is 0 Å². The molecule has 0 bridgehead atoms. The Hall–Kier alpha value is -3.41. The zero-order valence-corrected chi connectivity index (χ0v) is 45.3. The van der Waals surface area contributed by atoms with Crippen LogP contribution >= 0.6 is 0 Å². The SMILES string of the molecule is CCCCC/C=C\C/C=C\C/C=C\C/C=C\CCCCCC(=O)OC[C@H](COC(=O)CCCCCCCCC/C=C\CCCCCCCC)OC(=O)CCCCCCC/C=C\C/C=C\CCCCC. The van der Waals surface area contributed by atoms with E-state index in [-0.39, 0.29) is 31.1 Å². The van der Waals surface area contributed by atoms with Crippen molar-refractivity contribution < 1.29 is 28.6 Å². The summed E-state index contributed by atoms with van der Waals surface area (Å²) in [6.07, 6.45) is 74.2. The second kappa shape index (κ2) is 57.2. The highest BCUT2D eigenvalue weighted by molar-refractivity contribution is 5.71. The highest BCUT2D eigenvalue weighted by Crippen LogP contribution is 2.14. The first-order valence-corrected chi connectivity index (χ1v) is 29.1. The van der Waals surface area contributed by atoms with E-state index in [9.17, 15) is 14.4 Å². The number of hydrogen-bond donors (Lipinski definition) is 0. The number of carbonyl (C=O) groups excluding carboxylic acids is 3. The summed E-state index contributed by atoms with van der Waals surface area (Å²) in [6, 6.07) is 0. The van der Waals surface area contributed by atoms with Gasteiger partial charge in [0, 0.05) is 19.3 Å². The molecule has 0 aromatic heterocycles. The quantitative estimate of drug-likeness (QED) is 0.0262. The number of allylic oxidation sites excluding steroid dienone is 14. The van der Waals surface area contributed by atoms with Gasteiger partial charge < -0.3 is 14.2 Å². The molecule has 0 aromatic carbocycles. The Labute approximate surface area is 426 Å². The molecule has 1 atom stereocenters. The van der Waals surface area contributed by atoms with Gasteiger partial charge in [-0.05, 0) is 122 Å². The largest absolute Gasteiger partial charge is 0.462 e. The standard InChI is InChI=1S/C63H108O6/c1-4-7-10-13-16-19-22-25-28-30-31-33-36-38-41-44-47-50-53-56-62(65)68-59-60(69-63(66)57-54-51-48-45-42-39-34-27-24-21-18-15-12-9-6-3)58-67-61(64)55-52-49-46-43-40-37-35-32-29-26-23-20-17-14-11-8-5-2/h16,18-19,21,25-29,31,33-34,38,41,60H,4-15,17,20,22-24,30,32,35-37,39-40,42-59H2,1-3H3/b19-16-,21-18-,28-25-,29-26-,33-31-,34-27-,41-38-/t60-/m0/s1. The third-order valence-electron chi connectivity index (χ3n) is 12.3. The third-order valence-corrected chi connectivity index (χ3v) is 12.3. The second-order valence-electron chi connectivity index (χ2n) is 19.2. The fourth-order valence-corrected chi connectivity index (χ4v) is 7.92. The summed E-state index contributed by atoms with van der Waals surface area (Å²) in [5.74, 6) is -0.939. The van der Waals surface area contributed by atoms with Crippen LogP contribution in [0.1, 0.15) is 278 Å². The maximum absolute atomic E-state index is 12.8. The van der Waals surface area contributed by atoms with Crippen molar-refractivity contribution in [1.82, 2.24) is 0 Å². The maximum Gasteiger partial charge on any atom is 0.306 e. The summed E-state index contributed by atoms with van der Waals surface area (Å²) in [7, 11) is 0. The molecular weight excluding hydrogens is 853 g/mol. The minimum absolute atomic E-state index is 0.0947. The van der Waals surface area contributed by atoms with Gasteiger partial charge in [-0.15, -0.1) is 0 Å². The summed E-state index contributed by atoms with van der Waals surface area (Å²) in [6.45, 7) is 6.55. The molecule has 0 rings (SSSR count). The summed E-state index contributed by atoms with van der Waals surface area (Å²) in [4.78, 5) is 38.2. The zero-order valence-electron chi connectivity index (χ0n) is 45.3. The molecule has 0 spiro atoms. The molecule has 0 saturated heterocycles. The van der Waals surface area contributed by atoms with Gasteiger partial charge in [0.2, 0.25) is 0 Å². The van der Waals surface area contributed by atoms with Crippen LogP contribution in [0.25, 0.3) is 0 Å². The number of ether oxygens (including phenoxy) is 3. The van der Waals surface area contributed by atoms with Crippen LogP contribution in [0.5, 0.6) is 0 Å². The van der Waals surface area contributed by atoms with Gasteiger partial charge in [-0.3, -0.25) is 14.4 Å². The molecule has 0 aliphatic rings. The monoisotopic (exact) mass is 961 g/mol. The Morgan fingerprint density at radius 3 is 0.870 bits per heavy atom. The third kappa shape index (κ3) is 55.4. The molecule has 0 amide bonds. The fourth-order valence-electron chi connectivity index (χ4n) is 7.92. The van der Waals surface area contributed by atoms with Crippen LogP contribution in [0.4, 0.5) is 0 Å². The van der Waals surface area contributed by atoms with E-state index in [0.717, 1.165) is 109 Å². The Bertz CT molecular complexity index is 1330. The summed E-state index contributed by atoms with van der Waals surface area (Å²) < 4.78 is 16.8. The van der Waals surface area contributed by atoms with E-state index >= 15 is 0 Å². The lowest BCUT2D eigenvalue weighted by Gasteiger charge is -2.18. The molecule has 69 heavy (non-hydrogen) atoms.